The van der Waals surface area contributed by atoms with Crippen molar-refractivity contribution in [2.45, 2.75) is 40.5 Å². The first-order valence-electron chi connectivity index (χ1n) is 6.70. The number of para-hydroxylation sites is 1. The minimum Gasteiger partial charge on any atom is -0.426 e. The lowest BCUT2D eigenvalue weighted by Gasteiger charge is -2.29. The highest BCUT2D eigenvalue weighted by Gasteiger charge is 2.43. The number of hydrogen-bond donors (Lipinski definition) is 0. The molecule has 1 rings (SSSR count). The van der Waals surface area contributed by atoms with Crippen LogP contribution >= 0.6 is 0 Å². The zero-order valence-corrected chi connectivity index (χ0v) is 12.1. The average molecular weight is 262 g/mol. The molecule has 0 spiro atoms. The van der Waals surface area contributed by atoms with Crippen LogP contribution in [0.4, 0.5) is 0 Å². The van der Waals surface area contributed by atoms with Crippen molar-refractivity contribution in [3.05, 3.63) is 30.3 Å². The first-order valence-corrected chi connectivity index (χ1v) is 6.70. The van der Waals surface area contributed by atoms with E-state index in [1.165, 1.54) is 6.92 Å². The van der Waals surface area contributed by atoms with E-state index in [9.17, 15) is 9.59 Å². The maximum Gasteiger partial charge on any atom is 0.325 e. The zero-order chi connectivity index (χ0) is 14.5. The number of ether oxygens (including phenoxy) is 1. The monoisotopic (exact) mass is 262 g/mol. The first kappa shape index (κ1) is 15.4. The number of carbonyl (C=O) groups is 2. The third-order valence-corrected chi connectivity index (χ3v) is 3.38. The SMILES string of the molecule is CCC(CC(C)C)(C(C)=O)C(=O)Oc1ccccc1. The second kappa shape index (κ2) is 6.50. The fraction of sp³-hybridized carbons (Fsp3) is 0.500. The van der Waals surface area contributed by atoms with Crippen LogP contribution in [0, 0.1) is 11.3 Å². The summed E-state index contributed by atoms with van der Waals surface area (Å²) in [6.45, 7) is 7.33. The van der Waals surface area contributed by atoms with E-state index in [1.807, 2.05) is 26.8 Å². The van der Waals surface area contributed by atoms with Gasteiger partial charge in [-0.25, -0.2) is 0 Å². The maximum absolute atomic E-state index is 12.4. The van der Waals surface area contributed by atoms with Crippen molar-refractivity contribution in [3.63, 3.8) is 0 Å². The number of esters is 1. The summed E-state index contributed by atoms with van der Waals surface area (Å²) in [6, 6.07) is 8.88. The smallest absolute Gasteiger partial charge is 0.325 e. The van der Waals surface area contributed by atoms with E-state index in [-0.39, 0.29) is 11.7 Å². The highest BCUT2D eigenvalue weighted by molar-refractivity contribution is 6.03. The van der Waals surface area contributed by atoms with Gasteiger partial charge in [-0.15, -0.1) is 0 Å². The normalized spacial score (nSPS) is 13.9. The zero-order valence-electron chi connectivity index (χ0n) is 12.1. The molecule has 1 unspecified atom stereocenters. The molecule has 0 radical (unpaired) electrons. The van der Waals surface area contributed by atoms with Gasteiger partial charge in [-0.2, -0.15) is 0 Å². The van der Waals surface area contributed by atoms with Crippen LogP contribution in [0.2, 0.25) is 0 Å². The minimum atomic E-state index is -1.02. The van der Waals surface area contributed by atoms with Gasteiger partial charge in [0.2, 0.25) is 0 Å². The first-order chi connectivity index (χ1) is 8.92. The molecule has 1 aromatic carbocycles. The minimum absolute atomic E-state index is 0.121. The Balaban J connectivity index is 2.98. The lowest BCUT2D eigenvalue weighted by molar-refractivity contribution is -0.153. The molecule has 104 valence electrons. The van der Waals surface area contributed by atoms with Crippen LogP contribution in [0.1, 0.15) is 40.5 Å². The summed E-state index contributed by atoms with van der Waals surface area (Å²) in [4.78, 5) is 24.4. The lowest BCUT2D eigenvalue weighted by Crippen LogP contribution is -2.41. The molecule has 0 N–H and O–H groups in total. The Morgan fingerprint density at radius 2 is 1.79 bits per heavy atom. The van der Waals surface area contributed by atoms with E-state index in [0.717, 1.165) is 0 Å². The van der Waals surface area contributed by atoms with E-state index in [1.54, 1.807) is 24.3 Å². The summed E-state index contributed by atoms with van der Waals surface area (Å²) >= 11 is 0. The molecular formula is C16H22O3. The van der Waals surface area contributed by atoms with Gasteiger partial charge in [0.1, 0.15) is 16.9 Å². The van der Waals surface area contributed by atoms with Gasteiger partial charge in [0.05, 0.1) is 0 Å². The van der Waals surface area contributed by atoms with Crippen LogP contribution in [0.15, 0.2) is 30.3 Å². The second-order valence-electron chi connectivity index (χ2n) is 5.29. The van der Waals surface area contributed by atoms with Crippen molar-refractivity contribution in [1.82, 2.24) is 0 Å². The number of carbonyl (C=O) groups excluding carboxylic acids is 2. The molecule has 0 heterocycles. The predicted octanol–water partition coefficient (Wildman–Crippen LogP) is 3.62. The maximum atomic E-state index is 12.4. The van der Waals surface area contributed by atoms with Crippen molar-refractivity contribution >= 4 is 11.8 Å². The van der Waals surface area contributed by atoms with Gasteiger partial charge < -0.3 is 4.74 Å². The molecule has 3 nitrogen and oxygen atoms in total. The van der Waals surface area contributed by atoms with Gasteiger partial charge in [0.15, 0.2) is 0 Å². The molecule has 1 aromatic rings. The molecule has 0 aliphatic heterocycles. The summed E-state index contributed by atoms with van der Waals surface area (Å²) in [5.74, 6) is 0.175. The summed E-state index contributed by atoms with van der Waals surface area (Å²) < 4.78 is 5.37. The Morgan fingerprint density at radius 1 is 1.21 bits per heavy atom. The summed E-state index contributed by atoms with van der Waals surface area (Å²) in [5.41, 5.74) is -1.02. The lowest BCUT2D eigenvalue weighted by atomic mass is 9.75. The molecular weight excluding hydrogens is 240 g/mol. The van der Waals surface area contributed by atoms with Crippen molar-refractivity contribution in [2.24, 2.45) is 11.3 Å². The number of hydrogen-bond acceptors (Lipinski definition) is 3. The molecule has 0 fully saturated rings. The predicted molar refractivity (Wildman–Crippen MR) is 74.9 cm³/mol. The van der Waals surface area contributed by atoms with Gasteiger partial charge in [-0.05, 0) is 37.8 Å². The van der Waals surface area contributed by atoms with Gasteiger partial charge in [-0.1, -0.05) is 39.0 Å². The van der Waals surface area contributed by atoms with Crippen LogP contribution in [-0.4, -0.2) is 11.8 Å². The Hall–Kier alpha value is -1.64. The third-order valence-electron chi connectivity index (χ3n) is 3.38. The number of Topliss-reactive ketones (excluding diaryl/α,β-unsaturated/α-hetero) is 1. The van der Waals surface area contributed by atoms with Gasteiger partial charge in [0.25, 0.3) is 0 Å². The summed E-state index contributed by atoms with van der Waals surface area (Å²) in [5, 5.41) is 0. The van der Waals surface area contributed by atoms with E-state index in [0.29, 0.717) is 18.6 Å². The molecule has 0 saturated heterocycles. The van der Waals surface area contributed by atoms with E-state index in [4.69, 9.17) is 4.74 Å². The molecule has 0 amide bonds. The largest absolute Gasteiger partial charge is 0.426 e. The van der Waals surface area contributed by atoms with Crippen molar-refractivity contribution in [1.29, 1.82) is 0 Å². The third kappa shape index (κ3) is 3.66. The number of rotatable bonds is 6. The molecule has 0 aliphatic carbocycles. The standard InChI is InChI=1S/C16H22O3/c1-5-16(13(4)17,11-12(2)3)15(18)19-14-9-7-6-8-10-14/h6-10,12H,5,11H2,1-4H3. The van der Waals surface area contributed by atoms with E-state index in [2.05, 4.69) is 0 Å². The Bertz CT molecular complexity index is 437. The Kier molecular flexibility index (Phi) is 5.28. The highest BCUT2D eigenvalue weighted by Crippen LogP contribution is 2.33. The molecule has 0 saturated carbocycles. The van der Waals surface area contributed by atoms with Crippen LogP contribution in [0.3, 0.4) is 0 Å². The quantitative estimate of drug-likeness (QED) is 0.447. The molecule has 0 bridgehead atoms. The fourth-order valence-electron chi connectivity index (χ4n) is 2.30. The van der Waals surface area contributed by atoms with Crippen LogP contribution < -0.4 is 4.74 Å². The average Bonchev–Trinajstić information content (AvgIpc) is 2.36. The fourth-order valence-corrected chi connectivity index (χ4v) is 2.30. The second-order valence-corrected chi connectivity index (χ2v) is 5.29. The summed E-state index contributed by atoms with van der Waals surface area (Å²) in [6.07, 6.45) is 0.983. The van der Waals surface area contributed by atoms with E-state index < -0.39 is 11.4 Å². The van der Waals surface area contributed by atoms with Gasteiger partial charge >= 0.3 is 5.97 Å². The summed E-state index contributed by atoms with van der Waals surface area (Å²) in [7, 11) is 0. The van der Waals surface area contributed by atoms with Crippen molar-refractivity contribution in [3.8, 4) is 5.75 Å². The van der Waals surface area contributed by atoms with Crippen LogP contribution in [0.25, 0.3) is 0 Å². The molecule has 1 atom stereocenters. The van der Waals surface area contributed by atoms with Crippen LogP contribution in [-0.2, 0) is 9.59 Å². The molecule has 3 heteroatoms. The highest BCUT2D eigenvalue weighted by atomic mass is 16.5. The van der Waals surface area contributed by atoms with Crippen LogP contribution in [0.5, 0.6) is 5.75 Å². The molecule has 0 aromatic heterocycles. The number of benzene rings is 1. The van der Waals surface area contributed by atoms with Gasteiger partial charge in [-0.3, -0.25) is 9.59 Å². The Morgan fingerprint density at radius 3 is 2.21 bits per heavy atom. The van der Waals surface area contributed by atoms with E-state index >= 15 is 0 Å². The number of ketones is 1. The van der Waals surface area contributed by atoms with Crippen molar-refractivity contribution in [2.75, 3.05) is 0 Å². The topological polar surface area (TPSA) is 43.4 Å². The molecule has 0 aliphatic rings. The van der Waals surface area contributed by atoms with Gasteiger partial charge in [0, 0.05) is 0 Å². The van der Waals surface area contributed by atoms with Crippen molar-refractivity contribution < 1.29 is 14.3 Å². The Labute approximate surface area is 115 Å². The molecule has 19 heavy (non-hydrogen) atoms.